The highest BCUT2D eigenvalue weighted by Crippen LogP contribution is 2.70. The molecule has 0 aromatic carbocycles. The largest absolute Gasteiger partial charge is 0.392 e. The van der Waals surface area contributed by atoms with Crippen LogP contribution in [0.1, 0.15) is 54.4 Å². The van der Waals surface area contributed by atoms with Crippen LogP contribution in [0.2, 0.25) is 19.6 Å². The molecule has 0 radical (unpaired) electrons. The Kier molecular flexibility index (Phi) is 5.63. The molecule has 2 N–H and O–H groups in total. The Bertz CT molecular complexity index is 553. The molecule has 0 saturated heterocycles. The van der Waals surface area contributed by atoms with E-state index in [0.717, 1.165) is 12.8 Å². The zero-order valence-corrected chi connectivity index (χ0v) is 18.9. The van der Waals surface area contributed by atoms with Crippen LogP contribution in [0.4, 0.5) is 0 Å². The Morgan fingerprint density at radius 1 is 1.20 bits per heavy atom. The Morgan fingerprint density at radius 2 is 1.76 bits per heavy atom. The third kappa shape index (κ3) is 3.73. The first-order chi connectivity index (χ1) is 11.3. The average molecular weight is 365 g/mol. The summed E-state index contributed by atoms with van der Waals surface area (Å²) in [6.45, 7) is 19.9. The standard InChI is InChI=1S/C22H40O2Si/c1-10-14(2)16(4)20(23)19-18-17(21(18,5)6)13-15(3)22(19,24)11-12-25(7,8)9/h14-20,23-24H,10,13H2,1-9H3/t14?,15-,16-,17-,18?,19-,20-,22-/m1/s1. The van der Waals surface area contributed by atoms with E-state index < -0.39 is 19.8 Å². The minimum Gasteiger partial charge on any atom is -0.392 e. The molecule has 8 atom stereocenters. The lowest BCUT2D eigenvalue weighted by atomic mass is 9.64. The molecular weight excluding hydrogens is 324 g/mol. The van der Waals surface area contributed by atoms with Crippen molar-refractivity contribution in [2.45, 2.75) is 85.7 Å². The third-order valence-corrected chi connectivity index (χ3v) is 8.35. The summed E-state index contributed by atoms with van der Waals surface area (Å²) in [4.78, 5) is 0. The molecule has 2 rings (SSSR count). The van der Waals surface area contributed by atoms with E-state index in [-0.39, 0.29) is 23.2 Å². The lowest BCUT2D eigenvalue weighted by molar-refractivity contribution is -0.114. The summed E-state index contributed by atoms with van der Waals surface area (Å²) in [6.07, 6.45) is 1.58. The molecule has 2 nitrogen and oxygen atoms in total. The molecule has 2 aliphatic rings. The van der Waals surface area contributed by atoms with Crippen molar-refractivity contribution in [2.75, 3.05) is 0 Å². The number of aliphatic hydroxyl groups is 2. The van der Waals surface area contributed by atoms with Crippen LogP contribution < -0.4 is 0 Å². The molecule has 25 heavy (non-hydrogen) atoms. The molecule has 0 amide bonds. The van der Waals surface area contributed by atoms with Crippen molar-refractivity contribution >= 4 is 8.07 Å². The molecule has 3 heteroatoms. The highest BCUT2D eigenvalue weighted by atomic mass is 28.3. The van der Waals surface area contributed by atoms with Gasteiger partial charge in [0.2, 0.25) is 0 Å². The van der Waals surface area contributed by atoms with Gasteiger partial charge >= 0.3 is 0 Å². The van der Waals surface area contributed by atoms with E-state index in [1.54, 1.807) is 0 Å². The first kappa shape index (κ1) is 21.0. The van der Waals surface area contributed by atoms with Crippen molar-refractivity contribution in [1.29, 1.82) is 0 Å². The summed E-state index contributed by atoms with van der Waals surface area (Å²) >= 11 is 0. The monoisotopic (exact) mass is 364 g/mol. The van der Waals surface area contributed by atoms with E-state index in [9.17, 15) is 10.2 Å². The molecule has 2 fully saturated rings. The minimum atomic E-state index is -1.58. The van der Waals surface area contributed by atoms with E-state index >= 15 is 0 Å². The predicted molar refractivity (Wildman–Crippen MR) is 109 cm³/mol. The van der Waals surface area contributed by atoms with E-state index in [2.05, 4.69) is 72.6 Å². The van der Waals surface area contributed by atoms with Gasteiger partial charge in [-0.2, -0.15) is 0 Å². The van der Waals surface area contributed by atoms with E-state index in [0.29, 0.717) is 17.8 Å². The molecule has 0 spiro atoms. The number of aliphatic hydroxyl groups excluding tert-OH is 1. The molecule has 0 bridgehead atoms. The maximum atomic E-state index is 11.8. The normalized spacial score (nSPS) is 40.3. The Morgan fingerprint density at radius 3 is 2.24 bits per heavy atom. The Balaban J connectivity index is 2.45. The SMILES string of the molecule is CCC(C)[C@@H](C)[C@@H](O)[C@H]1C2[C@@H](C[C@@H](C)[C@]1(O)C#C[Si](C)(C)C)C2(C)C. The molecule has 2 aliphatic carbocycles. The van der Waals surface area contributed by atoms with Crippen LogP contribution in [-0.4, -0.2) is 30.0 Å². The third-order valence-electron chi connectivity index (χ3n) is 7.48. The van der Waals surface area contributed by atoms with Gasteiger partial charge in [0.15, 0.2) is 0 Å². The zero-order valence-electron chi connectivity index (χ0n) is 17.9. The van der Waals surface area contributed by atoms with Gasteiger partial charge in [-0.05, 0) is 41.4 Å². The van der Waals surface area contributed by atoms with Gasteiger partial charge in [-0.15, -0.1) is 5.54 Å². The van der Waals surface area contributed by atoms with Gasteiger partial charge in [0.1, 0.15) is 13.7 Å². The number of hydrogen-bond donors (Lipinski definition) is 2. The van der Waals surface area contributed by atoms with Crippen LogP contribution in [0, 0.1) is 52.4 Å². The van der Waals surface area contributed by atoms with Crippen LogP contribution in [-0.2, 0) is 0 Å². The van der Waals surface area contributed by atoms with Crippen molar-refractivity contribution in [2.24, 2.45) is 40.9 Å². The quantitative estimate of drug-likeness (QED) is 0.567. The van der Waals surface area contributed by atoms with Gasteiger partial charge in [-0.3, -0.25) is 0 Å². The Hall–Kier alpha value is -0.303. The van der Waals surface area contributed by atoms with Crippen LogP contribution in [0.15, 0.2) is 0 Å². The van der Waals surface area contributed by atoms with Crippen LogP contribution in [0.3, 0.4) is 0 Å². The fourth-order valence-corrected chi connectivity index (χ4v) is 5.69. The van der Waals surface area contributed by atoms with Crippen molar-refractivity contribution in [3.8, 4) is 11.5 Å². The van der Waals surface area contributed by atoms with Crippen molar-refractivity contribution < 1.29 is 10.2 Å². The van der Waals surface area contributed by atoms with Crippen molar-refractivity contribution in [1.82, 2.24) is 0 Å². The van der Waals surface area contributed by atoms with Crippen LogP contribution >= 0.6 is 0 Å². The van der Waals surface area contributed by atoms with Crippen molar-refractivity contribution in [3.05, 3.63) is 0 Å². The summed E-state index contributed by atoms with van der Waals surface area (Å²) < 4.78 is 0. The van der Waals surface area contributed by atoms with Gasteiger partial charge in [0.05, 0.1) is 6.10 Å². The summed E-state index contributed by atoms with van der Waals surface area (Å²) in [6, 6.07) is 0. The van der Waals surface area contributed by atoms with Crippen LogP contribution in [0.25, 0.3) is 0 Å². The Labute approximate surface area is 156 Å². The maximum absolute atomic E-state index is 11.8. The molecule has 0 aliphatic heterocycles. The molecular formula is C22H40O2Si. The first-order valence-electron chi connectivity index (χ1n) is 10.2. The summed E-state index contributed by atoms with van der Waals surface area (Å²) in [5.74, 6) is 4.93. The van der Waals surface area contributed by atoms with E-state index in [1.165, 1.54) is 0 Å². The predicted octanol–water partition coefficient (Wildman–Crippen LogP) is 4.57. The van der Waals surface area contributed by atoms with Gasteiger partial charge in [0, 0.05) is 5.92 Å². The molecule has 0 aromatic rings. The van der Waals surface area contributed by atoms with E-state index in [4.69, 9.17) is 0 Å². The van der Waals surface area contributed by atoms with Crippen molar-refractivity contribution in [3.63, 3.8) is 0 Å². The lowest BCUT2D eigenvalue weighted by Crippen LogP contribution is -2.54. The topological polar surface area (TPSA) is 40.5 Å². The second-order valence-electron chi connectivity index (χ2n) is 10.7. The minimum absolute atomic E-state index is 0.114. The van der Waals surface area contributed by atoms with Gasteiger partial charge in [-0.25, -0.2) is 0 Å². The fraction of sp³-hybridized carbons (Fsp3) is 0.909. The molecule has 2 saturated carbocycles. The zero-order chi connectivity index (χ0) is 19.4. The summed E-state index contributed by atoms with van der Waals surface area (Å²) in [5.41, 5.74) is 2.57. The van der Waals surface area contributed by atoms with Crippen LogP contribution in [0.5, 0.6) is 0 Å². The fourth-order valence-electron chi connectivity index (χ4n) is 5.12. The second-order valence-corrected chi connectivity index (χ2v) is 15.4. The number of rotatable bonds is 4. The maximum Gasteiger partial charge on any atom is 0.133 e. The molecule has 0 aromatic heterocycles. The molecule has 0 heterocycles. The molecule has 144 valence electrons. The van der Waals surface area contributed by atoms with Gasteiger partial charge in [0.25, 0.3) is 0 Å². The second kappa shape index (κ2) is 6.70. The number of hydrogen-bond acceptors (Lipinski definition) is 2. The van der Waals surface area contributed by atoms with E-state index in [1.807, 2.05) is 0 Å². The first-order valence-corrected chi connectivity index (χ1v) is 13.7. The van der Waals surface area contributed by atoms with Gasteiger partial charge < -0.3 is 10.2 Å². The average Bonchev–Trinajstić information content (AvgIpc) is 3.03. The summed E-state index contributed by atoms with van der Waals surface area (Å²) in [5, 5.41) is 23.1. The van der Waals surface area contributed by atoms with Gasteiger partial charge in [-0.1, -0.05) is 73.5 Å². The lowest BCUT2D eigenvalue weighted by Gasteiger charge is -2.45. The summed E-state index contributed by atoms with van der Waals surface area (Å²) in [7, 11) is -1.58. The highest BCUT2D eigenvalue weighted by molar-refractivity contribution is 6.83. The molecule has 2 unspecified atom stereocenters. The number of fused-ring (bicyclic) bond motifs is 1. The highest BCUT2D eigenvalue weighted by Gasteiger charge is 2.70. The smallest absolute Gasteiger partial charge is 0.133 e.